The topological polar surface area (TPSA) is 17.3 Å². The van der Waals surface area contributed by atoms with Gasteiger partial charge in [-0.25, -0.2) is 4.99 Å². The highest BCUT2D eigenvalue weighted by atomic mass is 15.1. The molecule has 2 heteroatoms. The van der Waals surface area contributed by atoms with Crippen LogP contribution in [0, 0.1) is 11.8 Å². The highest BCUT2D eigenvalue weighted by Crippen LogP contribution is 2.52. The Balaban J connectivity index is 1.44. The molecule has 6 aromatic carbocycles. The highest BCUT2D eigenvalue weighted by molar-refractivity contribution is 6.35. The first-order valence-corrected chi connectivity index (χ1v) is 16.1. The number of hydrogen-bond acceptors (Lipinski definition) is 1. The van der Waals surface area contributed by atoms with E-state index >= 15 is 0 Å². The van der Waals surface area contributed by atoms with Crippen LogP contribution >= 0.6 is 0 Å². The summed E-state index contributed by atoms with van der Waals surface area (Å²) < 4.78 is 2.56. The van der Waals surface area contributed by atoms with Crippen LogP contribution in [-0.2, 0) is 0 Å². The normalized spacial score (nSPS) is 18.3. The van der Waals surface area contributed by atoms with E-state index in [1.165, 1.54) is 76.7 Å². The van der Waals surface area contributed by atoms with Crippen molar-refractivity contribution in [3.8, 4) is 22.3 Å². The summed E-state index contributed by atoms with van der Waals surface area (Å²) in [4.78, 5) is 5.71. The van der Waals surface area contributed by atoms with Crippen LogP contribution in [0.4, 0.5) is 0 Å². The zero-order chi connectivity index (χ0) is 29.6. The molecule has 212 valence electrons. The Morgan fingerprint density at radius 3 is 2.27 bits per heavy atom. The summed E-state index contributed by atoms with van der Waals surface area (Å²) in [7, 11) is 0. The predicted octanol–water partition coefficient (Wildman–Crippen LogP) is 11.2. The molecule has 2 nitrogen and oxygen atoms in total. The molecule has 0 radical (unpaired) electrons. The number of hydrogen-bond donors (Lipinski definition) is 0. The average molecular weight is 575 g/mol. The van der Waals surface area contributed by atoms with Crippen molar-refractivity contribution in [2.45, 2.75) is 13.3 Å². The van der Waals surface area contributed by atoms with E-state index < -0.39 is 0 Å². The molecular weight excluding hydrogens is 544 g/mol. The maximum Gasteiger partial charge on any atom is 0.118 e. The molecule has 0 fully saturated rings. The maximum absolute atomic E-state index is 5.71. The van der Waals surface area contributed by atoms with Gasteiger partial charge in [-0.2, -0.15) is 0 Å². The molecule has 2 atom stereocenters. The lowest BCUT2D eigenvalue weighted by molar-refractivity contribution is 0.538. The largest absolute Gasteiger partial charge is 0.296 e. The van der Waals surface area contributed by atoms with E-state index in [0.29, 0.717) is 0 Å². The van der Waals surface area contributed by atoms with E-state index in [4.69, 9.17) is 4.99 Å². The van der Waals surface area contributed by atoms with Crippen molar-refractivity contribution in [3.05, 3.63) is 151 Å². The summed E-state index contributed by atoms with van der Waals surface area (Å²) in [5.74, 6) is 1.63. The average Bonchev–Trinajstić information content (AvgIpc) is 3.40. The summed E-state index contributed by atoms with van der Waals surface area (Å²) in [6.45, 7) is 2.32. The summed E-state index contributed by atoms with van der Waals surface area (Å²) in [5.41, 5.74) is 11.3. The van der Waals surface area contributed by atoms with Gasteiger partial charge in [0.2, 0.25) is 0 Å². The highest BCUT2D eigenvalue weighted by Gasteiger charge is 2.36. The molecule has 1 aromatic heterocycles. The Labute approximate surface area is 262 Å². The molecule has 1 aliphatic heterocycles. The van der Waals surface area contributed by atoms with Gasteiger partial charge < -0.3 is 0 Å². The Morgan fingerprint density at radius 1 is 0.644 bits per heavy atom. The number of benzene rings is 6. The first-order valence-electron chi connectivity index (χ1n) is 16.1. The standard InChI is InChI=1S/C43H30N2/c1-2-29-31-18-10-11-21-35(31)41(27-13-4-3-5-14-27)44-43(29)45-37-24-23-26-16-12-22-34-32-19-8-9-20-33(32)36-25-28-15-6-7-17-30(28)42(45)39(36)40(37)38(26)34/h3-25,29,31H,2H2,1H3/t29-,31?/m0/s1. The van der Waals surface area contributed by atoms with Crippen LogP contribution in [0.3, 0.4) is 0 Å². The molecule has 1 unspecified atom stereocenters. The van der Waals surface area contributed by atoms with Crippen LogP contribution in [0.2, 0.25) is 0 Å². The number of nitrogens with zero attached hydrogens (tertiary/aromatic N) is 2. The summed E-state index contributed by atoms with van der Waals surface area (Å²) in [6, 6.07) is 42.5. The summed E-state index contributed by atoms with van der Waals surface area (Å²) >= 11 is 0. The fourth-order valence-corrected chi connectivity index (χ4v) is 8.42. The maximum atomic E-state index is 5.71. The van der Waals surface area contributed by atoms with E-state index in [2.05, 4.69) is 151 Å². The van der Waals surface area contributed by atoms with Crippen molar-refractivity contribution in [1.82, 2.24) is 4.57 Å². The Morgan fingerprint density at radius 2 is 1.40 bits per heavy atom. The van der Waals surface area contributed by atoms with Gasteiger partial charge in [0.15, 0.2) is 0 Å². The fraction of sp³-hybridized carbons (Fsp3) is 0.0930. The van der Waals surface area contributed by atoms with Gasteiger partial charge in [0.25, 0.3) is 0 Å². The van der Waals surface area contributed by atoms with Crippen molar-refractivity contribution >= 4 is 54.9 Å². The van der Waals surface area contributed by atoms with E-state index in [9.17, 15) is 0 Å². The van der Waals surface area contributed by atoms with Crippen molar-refractivity contribution < 1.29 is 0 Å². The Bertz CT molecular complexity index is 2520. The molecule has 0 saturated heterocycles. The van der Waals surface area contributed by atoms with Crippen molar-refractivity contribution in [2.75, 3.05) is 0 Å². The minimum Gasteiger partial charge on any atom is -0.296 e. The zero-order valence-electron chi connectivity index (χ0n) is 25.0. The van der Waals surface area contributed by atoms with Gasteiger partial charge in [0.05, 0.1) is 16.7 Å². The van der Waals surface area contributed by atoms with Crippen LogP contribution in [0.25, 0.3) is 71.3 Å². The smallest absolute Gasteiger partial charge is 0.118 e. The van der Waals surface area contributed by atoms with Crippen LogP contribution < -0.4 is 0 Å². The first kappa shape index (κ1) is 24.9. The SMILES string of the molecule is CC[C@@H]1C(n2c3ccc4cccc5c4c3c3c(cc4ccccc4c32)-c2ccccc2-5)=NC(c2ccccc2)=C2C=CC=CC21. The van der Waals surface area contributed by atoms with E-state index in [1.54, 1.807) is 0 Å². The van der Waals surface area contributed by atoms with Gasteiger partial charge >= 0.3 is 0 Å². The predicted molar refractivity (Wildman–Crippen MR) is 191 cm³/mol. The molecule has 0 bridgehead atoms. The van der Waals surface area contributed by atoms with Gasteiger partial charge in [-0.3, -0.25) is 4.57 Å². The summed E-state index contributed by atoms with van der Waals surface area (Å²) in [5, 5.41) is 7.81. The first-order chi connectivity index (χ1) is 22.3. The van der Waals surface area contributed by atoms with Gasteiger partial charge in [-0.1, -0.05) is 134 Å². The number of rotatable bonds is 2. The lowest BCUT2D eigenvalue weighted by atomic mass is 9.77. The second kappa shape index (κ2) is 9.27. The molecule has 0 amide bonds. The van der Waals surface area contributed by atoms with Crippen molar-refractivity contribution in [3.63, 3.8) is 0 Å². The Hall–Kier alpha value is -5.47. The third-order valence-corrected chi connectivity index (χ3v) is 10.3. The van der Waals surface area contributed by atoms with Gasteiger partial charge in [0, 0.05) is 33.6 Å². The third-order valence-electron chi connectivity index (χ3n) is 10.3. The van der Waals surface area contributed by atoms with Crippen molar-refractivity contribution in [1.29, 1.82) is 0 Å². The molecule has 2 heterocycles. The van der Waals surface area contributed by atoms with Gasteiger partial charge in [-0.15, -0.1) is 0 Å². The molecule has 0 N–H and O–H groups in total. The van der Waals surface area contributed by atoms with E-state index in [1.807, 2.05) is 0 Å². The van der Waals surface area contributed by atoms with E-state index in [-0.39, 0.29) is 11.8 Å². The number of aromatic nitrogens is 1. The number of allylic oxidation sites excluding steroid dienone is 5. The second-order valence-electron chi connectivity index (χ2n) is 12.5. The molecule has 10 rings (SSSR count). The molecule has 45 heavy (non-hydrogen) atoms. The van der Waals surface area contributed by atoms with Crippen LogP contribution in [0.1, 0.15) is 18.9 Å². The molecule has 0 spiro atoms. The quantitative estimate of drug-likeness (QED) is 0.195. The third kappa shape index (κ3) is 3.32. The second-order valence-corrected chi connectivity index (χ2v) is 12.5. The van der Waals surface area contributed by atoms with Crippen LogP contribution in [0.5, 0.6) is 0 Å². The van der Waals surface area contributed by atoms with Crippen molar-refractivity contribution in [2.24, 2.45) is 16.8 Å². The lowest BCUT2D eigenvalue weighted by Crippen LogP contribution is -2.32. The monoisotopic (exact) mass is 574 g/mol. The minimum absolute atomic E-state index is 0.232. The minimum atomic E-state index is 0.232. The molecular formula is C43H30N2. The lowest BCUT2D eigenvalue weighted by Gasteiger charge is -2.34. The molecule has 7 aromatic rings. The van der Waals surface area contributed by atoms with Gasteiger partial charge in [-0.05, 0) is 62.5 Å². The van der Waals surface area contributed by atoms with Gasteiger partial charge in [0.1, 0.15) is 5.84 Å². The molecule has 3 aliphatic rings. The number of aliphatic imine (C=N–C) groups is 1. The zero-order valence-corrected chi connectivity index (χ0v) is 25.0. The fourth-order valence-electron chi connectivity index (χ4n) is 8.42. The molecule has 2 aliphatic carbocycles. The summed E-state index contributed by atoms with van der Waals surface area (Å²) in [6.07, 6.45) is 10.1. The number of fused-ring (bicyclic) bond motifs is 6. The molecule has 0 saturated carbocycles. The van der Waals surface area contributed by atoms with E-state index in [0.717, 1.165) is 18.0 Å². The Kier molecular flexibility index (Phi) is 5.13. The van der Waals surface area contributed by atoms with Crippen LogP contribution in [0.15, 0.2) is 150 Å². The van der Waals surface area contributed by atoms with Crippen LogP contribution in [-0.4, -0.2) is 10.4 Å².